The van der Waals surface area contributed by atoms with Crippen molar-refractivity contribution >= 4 is 12.2 Å². The molecule has 3 aromatic rings. The lowest BCUT2D eigenvalue weighted by Crippen LogP contribution is -1.86. The van der Waals surface area contributed by atoms with Gasteiger partial charge in [-0.1, -0.05) is 54.6 Å². The highest BCUT2D eigenvalue weighted by molar-refractivity contribution is 7.71. The molecule has 0 unspecified atom stereocenters. The minimum absolute atomic E-state index is 0.504. The minimum atomic E-state index is 0.504. The smallest absolute Gasteiger partial charge is 0.197 e. The van der Waals surface area contributed by atoms with Gasteiger partial charge in [0.15, 0.2) is 4.77 Å². The number of H-pyrrole nitrogens is 1. The summed E-state index contributed by atoms with van der Waals surface area (Å²) in [6.45, 7) is 0. The van der Waals surface area contributed by atoms with Crippen LogP contribution < -0.4 is 0 Å². The van der Waals surface area contributed by atoms with E-state index in [0.29, 0.717) is 4.77 Å². The summed E-state index contributed by atoms with van der Waals surface area (Å²) in [4.78, 5) is 7.08. The van der Waals surface area contributed by atoms with Crippen LogP contribution in [0.3, 0.4) is 0 Å². The van der Waals surface area contributed by atoms with Gasteiger partial charge < -0.3 is 4.98 Å². The predicted octanol–water partition coefficient (Wildman–Crippen LogP) is 4.47. The zero-order valence-corrected chi connectivity index (χ0v) is 11.0. The van der Waals surface area contributed by atoms with Crippen molar-refractivity contribution in [3.8, 4) is 22.4 Å². The molecular weight excluding hydrogens is 252 g/mol. The molecule has 0 radical (unpaired) electrons. The fourth-order valence-corrected chi connectivity index (χ4v) is 2.18. The van der Waals surface area contributed by atoms with Crippen LogP contribution in [0.2, 0.25) is 0 Å². The number of aromatic amines is 1. The van der Waals surface area contributed by atoms with Crippen molar-refractivity contribution in [1.82, 2.24) is 9.97 Å². The van der Waals surface area contributed by atoms with Crippen LogP contribution in [0, 0.1) is 4.77 Å². The fourth-order valence-electron chi connectivity index (χ4n) is 2.01. The third-order valence-electron chi connectivity index (χ3n) is 2.98. The summed E-state index contributed by atoms with van der Waals surface area (Å²) in [5.41, 5.74) is 4.52. The van der Waals surface area contributed by atoms with Crippen LogP contribution in [0.4, 0.5) is 0 Å². The standard InChI is InChI=1S/C16H12N2S/c19-16-17-11-10-15(18-16)14-8-6-13(7-9-14)12-4-2-1-3-5-12/h1-11H,(H,17,18,19). The summed E-state index contributed by atoms with van der Waals surface area (Å²) in [7, 11) is 0. The van der Waals surface area contributed by atoms with Crippen molar-refractivity contribution in [2.24, 2.45) is 0 Å². The summed E-state index contributed by atoms with van der Waals surface area (Å²) >= 11 is 5.04. The first kappa shape index (κ1) is 11.8. The zero-order chi connectivity index (χ0) is 13.1. The maximum atomic E-state index is 5.04. The second kappa shape index (κ2) is 5.16. The largest absolute Gasteiger partial charge is 0.330 e. The minimum Gasteiger partial charge on any atom is -0.330 e. The molecule has 2 aromatic carbocycles. The molecule has 3 rings (SSSR count). The normalized spacial score (nSPS) is 10.3. The van der Waals surface area contributed by atoms with Gasteiger partial charge in [0.05, 0.1) is 0 Å². The van der Waals surface area contributed by atoms with Crippen molar-refractivity contribution in [2.75, 3.05) is 0 Å². The Kier molecular flexibility index (Phi) is 3.21. The van der Waals surface area contributed by atoms with E-state index in [2.05, 4.69) is 46.4 Å². The molecule has 1 aromatic heterocycles. The van der Waals surface area contributed by atoms with E-state index < -0.39 is 0 Å². The van der Waals surface area contributed by atoms with Gasteiger partial charge in [-0.3, -0.25) is 0 Å². The highest BCUT2D eigenvalue weighted by Gasteiger charge is 2.00. The summed E-state index contributed by atoms with van der Waals surface area (Å²) in [6.07, 6.45) is 1.72. The van der Waals surface area contributed by atoms with E-state index in [9.17, 15) is 0 Å². The van der Waals surface area contributed by atoms with Crippen LogP contribution >= 0.6 is 12.2 Å². The lowest BCUT2D eigenvalue weighted by atomic mass is 10.0. The van der Waals surface area contributed by atoms with Gasteiger partial charge in [-0.25, -0.2) is 4.98 Å². The lowest BCUT2D eigenvalue weighted by molar-refractivity contribution is 1.14. The van der Waals surface area contributed by atoms with Gasteiger partial charge in [0.1, 0.15) is 0 Å². The van der Waals surface area contributed by atoms with Gasteiger partial charge in [0.25, 0.3) is 0 Å². The number of nitrogens with zero attached hydrogens (tertiary/aromatic N) is 1. The van der Waals surface area contributed by atoms with E-state index in [4.69, 9.17) is 12.2 Å². The Morgan fingerprint density at radius 2 is 1.37 bits per heavy atom. The Balaban J connectivity index is 1.98. The van der Waals surface area contributed by atoms with Crippen LogP contribution in [0.25, 0.3) is 22.4 Å². The van der Waals surface area contributed by atoms with Crippen LogP contribution in [0.5, 0.6) is 0 Å². The topological polar surface area (TPSA) is 28.7 Å². The average molecular weight is 264 g/mol. The first-order chi connectivity index (χ1) is 9.33. The molecule has 19 heavy (non-hydrogen) atoms. The van der Waals surface area contributed by atoms with Crippen molar-refractivity contribution < 1.29 is 0 Å². The van der Waals surface area contributed by atoms with Gasteiger partial charge in [-0.15, -0.1) is 0 Å². The quantitative estimate of drug-likeness (QED) is 0.692. The maximum absolute atomic E-state index is 5.04. The van der Waals surface area contributed by atoms with Crippen LogP contribution in [0.1, 0.15) is 0 Å². The molecule has 2 nitrogen and oxygen atoms in total. The van der Waals surface area contributed by atoms with Crippen LogP contribution in [-0.2, 0) is 0 Å². The molecule has 1 heterocycles. The van der Waals surface area contributed by atoms with E-state index >= 15 is 0 Å². The SMILES string of the molecule is S=c1nccc(-c2ccc(-c3ccccc3)cc2)[nH]1. The molecule has 1 N–H and O–H groups in total. The number of benzene rings is 2. The molecule has 92 valence electrons. The Hall–Kier alpha value is -2.26. The summed E-state index contributed by atoms with van der Waals surface area (Å²) in [5.74, 6) is 0. The zero-order valence-electron chi connectivity index (χ0n) is 10.2. The molecule has 0 aliphatic carbocycles. The molecule has 0 amide bonds. The molecular formula is C16H12N2S. The number of nitrogens with one attached hydrogen (secondary N) is 1. The van der Waals surface area contributed by atoms with E-state index in [1.807, 2.05) is 24.3 Å². The van der Waals surface area contributed by atoms with Crippen LogP contribution in [0.15, 0.2) is 66.9 Å². The van der Waals surface area contributed by atoms with Gasteiger partial charge in [-0.05, 0) is 35.0 Å². The third-order valence-corrected chi connectivity index (χ3v) is 3.19. The highest BCUT2D eigenvalue weighted by atomic mass is 32.1. The molecule has 0 atom stereocenters. The molecule has 3 heteroatoms. The lowest BCUT2D eigenvalue weighted by Gasteiger charge is -2.04. The third kappa shape index (κ3) is 2.61. The first-order valence-corrected chi connectivity index (χ1v) is 6.45. The van der Waals surface area contributed by atoms with E-state index in [-0.39, 0.29) is 0 Å². The van der Waals surface area contributed by atoms with Gasteiger partial charge in [0, 0.05) is 11.9 Å². The molecule has 0 saturated carbocycles. The molecule has 0 bridgehead atoms. The number of aromatic nitrogens is 2. The van der Waals surface area contributed by atoms with Crippen LogP contribution in [-0.4, -0.2) is 9.97 Å². The molecule has 0 aliphatic rings. The number of rotatable bonds is 2. The molecule has 0 fully saturated rings. The summed E-state index contributed by atoms with van der Waals surface area (Å²) < 4.78 is 0.504. The monoisotopic (exact) mass is 264 g/mol. The molecule has 0 saturated heterocycles. The molecule has 0 aliphatic heterocycles. The van der Waals surface area contributed by atoms with Crippen molar-refractivity contribution in [2.45, 2.75) is 0 Å². The first-order valence-electron chi connectivity index (χ1n) is 6.04. The van der Waals surface area contributed by atoms with Gasteiger partial charge in [0.2, 0.25) is 0 Å². The summed E-state index contributed by atoms with van der Waals surface area (Å²) in [5, 5.41) is 0. The van der Waals surface area contributed by atoms with E-state index in [0.717, 1.165) is 11.3 Å². The predicted molar refractivity (Wildman–Crippen MR) is 80.3 cm³/mol. The van der Waals surface area contributed by atoms with E-state index in [1.54, 1.807) is 6.20 Å². The maximum Gasteiger partial charge on any atom is 0.197 e. The Labute approximate surface area is 116 Å². The number of hydrogen-bond acceptors (Lipinski definition) is 2. The van der Waals surface area contributed by atoms with Gasteiger partial charge >= 0.3 is 0 Å². The summed E-state index contributed by atoms with van der Waals surface area (Å²) in [6, 6.07) is 20.6. The molecule has 0 spiro atoms. The van der Waals surface area contributed by atoms with E-state index in [1.165, 1.54) is 11.1 Å². The Bertz CT molecular complexity index is 730. The second-order valence-corrected chi connectivity index (χ2v) is 4.62. The number of hydrogen-bond donors (Lipinski definition) is 1. The fraction of sp³-hybridized carbons (Fsp3) is 0. The highest BCUT2D eigenvalue weighted by Crippen LogP contribution is 2.23. The van der Waals surface area contributed by atoms with Gasteiger partial charge in [-0.2, -0.15) is 0 Å². The van der Waals surface area contributed by atoms with Crippen molar-refractivity contribution in [3.05, 3.63) is 71.6 Å². The van der Waals surface area contributed by atoms with Crippen molar-refractivity contribution in [3.63, 3.8) is 0 Å². The second-order valence-electron chi connectivity index (χ2n) is 4.23. The van der Waals surface area contributed by atoms with Crippen molar-refractivity contribution in [1.29, 1.82) is 0 Å². The Morgan fingerprint density at radius 1 is 0.737 bits per heavy atom. The average Bonchev–Trinajstić information content (AvgIpc) is 2.48. The Morgan fingerprint density at radius 3 is 2.05 bits per heavy atom.